The van der Waals surface area contributed by atoms with Gasteiger partial charge >= 0.3 is 11.9 Å². The van der Waals surface area contributed by atoms with Gasteiger partial charge in [-0.1, -0.05) is 17.7 Å². The van der Waals surface area contributed by atoms with E-state index >= 15 is 0 Å². The van der Waals surface area contributed by atoms with Crippen LogP contribution in [0.25, 0.3) is 0 Å². The van der Waals surface area contributed by atoms with E-state index in [9.17, 15) is 19.2 Å². The second-order valence-corrected chi connectivity index (χ2v) is 18.0. The molecule has 6 rings (SSSR count). The summed E-state index contributed by atoms with van der Waals surface area (Å²) in [7, 11) is 0. The maximum absolute atomic E-state index is 12.6. The minimum absolute atomic E-state index is 0.240. The van der Waals surface area contributed by atoms with Gasteiger partial charge in [0.25, 0.3) is 0 Å². The number of amides is 2. The van der Waals surface area contributed by atoms with E-state index in [4.69, 9.17) is 25.8 Å². The van der Waals surface area contributed by atoms with Crippen molar-refractivity contribution in [2.75, 3.05) is 34.4 Å². The average molecular weight is 1050 g/mol. The third-order valence-corrected chi connectivity index (χ3v) is 11.4. The molecule has 300 valence electrons. The Bertz CT molecular complexity index is 1980. The molecule has 0 spiro atoms. The number of benzene rings is 4. The van der Waals surface area contributed by atoms with Gasteiger partial charge in [0.15, 0.2) is 0 Å². The third-order valence-electron chi connectivity index (χ3n) is 8.85. The van der Waals surface area contributed by atoms with Gasteiger partial charge in [0.1, 0.15) is 37.6 Å². The van der Waals surface area contributed by atoms with E-state index in [1.54, 1.807) is 24.3 Å². The Kier molecular flexibility index (Phi) is 15.0. The van der Waals surface area contributed by atoms with Gasteiger partial charge in [0.2, 0.25) is 11.8 Å². The Morgan fingerprint density at radius 1 is 0.596 bits per heavy atom. The Hall–Kier alpha value is -3.63. The summed E-state index contributed by atoms with van der Waals surface area (Å²) < 4.78 is 19.1. The molecular formula is C41H39Br4ClN4O7. The molecule has 4 aromatic rings. The molecule has 57 heavy (non-hydrogen) atoms. The molecule has 4 N–H and O–H groups in total. The van der Waals surface area contributed by atoms with Crippen molar-refractivity contribution in [2.45, 2.75) is 58.7 Å². The van der Waals surface area contributed by atoms with E-state index in [1.165, 1.54) is 25.7 Å². The lowest BCUT2D eigenvalue weighted by Crippen LogP contribution is -2.23. The number of hydrogen-bond donors (Lipinski definition) is 4. The Morgan fingerprint density at radius 2 is 1.02 bits per heavy atom. The fraction of sp³-hybridized carbons (Fsp3) is 0.317. The number of ether oxygens (including phenoxy) is 3. The van der Waals surface area contributed by atoms with Gasteiger partial charge in [0.05, 0.1) is 17.9 Å². The van der Waals surface area contributed by atoms with Crippen molar-refractivity contribution in [3.63, 3.8) is 0 Å². The van der Waals surface area contributed by atoms with Crippen molar-refractivity contribution in [3.05, 3.63) is 100 Å². The Labute approximate surface area is 369 Å². The molecule has 0 bridgehead atoms. The molecule has 0 atom stereocenters. The molecule has 0 unspecified atom stereocenters. The number of aryl methyl sites for hydroxylation is 1. The highest BCUT2D eigenvalue weighted by Gasteiger charge is 2.23. The smallest absolute Gasteiger partial charge is 0.322 e. The molecule has 2 aliphatic rings. The molecule has 2 saturated carbocycles. The lowest BCUT2D eigenvalue weighted by molar-refractivity contribution is -0.160. The van der Waals surface area contributed by atoms with Crippen LogP contribution < -0.4 is 30.7 Å². The van der Waals surface area contributed by atoms with Crippen LogP contribution in [0.4, 0.5) is 22.7 Å². The number of hydrogen-bond acceptors (Lipinski definition) is 9. The minimum atomic E-state index is -1.11. The van der Waals surface area contributed by atoms with E-state index in [1.807, 2.05) is 25.1 Å². The SMILES string of the molecule is Cc1cc(COc2c(Br)cc(NC(=O)CC(=O)OC(=O)CC(=O)Nc3cc(Br)c(OCc4cc(Cl)cc(NCC5CC5)c4)c(Br)c3)cc2Br)cc(NCC2CC2)c1. The molecule has 4 aromatic carbocycles. The van der Waals surface area contributed by atoms with Crippen LogP contribution >= 0.6 is 75.3 Å². The number of nitrogens with one attached hydrogen (secondary N) is 4. The lowest BCUT2D eigenvalue weighted by Gasteiger charge is -2.14. The largest absolute Gasteiger partial charge is 0.487 e. The highest BCUT2D eigenvalue weighted by atomic mass is 79.9. The van der Waals surface area contributed by atoms with Crippen molar-refractivity contribution in [2.24, 2.45) is 11.8 Å². The Balaban J connectivity index is 0.932. The Morgan fingerprint density at radius 3 is 1.46 bits per heavy atom. The summed E-state index contributed by atoms with van der Waals surface area (Å²) in [6.45, 7) is 4.48. The van der Waals surface area contributed by atoms with Crippen molar-refractivity contribution in [3.8, 4) is 11.5 Å². The zero-order chi connectivity index (χ0) is 40.6. The number of carbonyl (C=O) groups is 4. The summed E-state index contributed by atoms with van der Waals surface area (Å²) in [6.07, 6.45) is 3.53. The van der Waals surface area contributed by atoms with Crippen molar-refractivity contribution in [1.29, 1.82) is 0 Å². The molecule has 2 amide bonds. The quantitative estimate of drug-likeness (QED) is 0.0565. The predicted octanol–water partition coefficient (Wildman–Crippen LogP) is 10.9. The van der Waals surface area contributed by atoms with Crippen molar-refractivity contribution in [1.82, 2.24) is 0 Å². The van der Waals surface area contributed by atoms with Crippen molar-refractivity contribution >= 4 is 122 Å². The van der Waals surface area contributed by atoms with Crippen LogP contribution in [0.1, 0.15) is 55.2 Å². The number of anilines is 4. The topological polar surface area (TPSA) is 144 Å². The highest BCUT2D eigenvalue weighted by molar-refractivity contribution is 9.11. The predicted molar refractivity (Wildman–Crippen MR) is 235 cm³/mol. The first kappa shape index (κ1) is 43.0. The van der Waals surface area contributed by atoms with Gasteiger partial charge in [-0.2, -0.15) is 0 Å². The summed E-state index contributed by atoms with van der Waals surface area (Å²) >= 11 is 20.3. The molecule has 2 aliphatic carbocycles. The normalized spacial score (nSPS) is 13.4. The zero-order valence-electron chi connectivity index (χ0n) is 30.7. The van der Waals surface area contributed by atoms with Crippen LogP contribution in [0.15, 0.2) is 78.6 Å². The number of rotatable bonds is 18. The van der Waals surface area contributed by atoms with Crippen LogP contribution in [0.3, 0.4) is 0 Å². The van der Waals surface area contributed by atoms with Gasteiger partial charge in [-0.25, -0.2) is 0 Å². The summed E-state index contributed by atoms with van der Waals surface area (Å²) in [6, 6.07) is 18.5. The van der Waals surface area contributed by atoms with E-state index in [-0.39, 0.29) is 6.61 Å². The molecule has 16 heteroatoms. The van der Waals surface area contributed by atoms with E-state index in [2.05, 4.69) is 103 Å². The molecular weight excluding hydrogens is 1020 g/mol. The second kappa shape index (κ2) is 19.9. The molecule has 0 heterocycles. The summed E-state index contributed by atoms with van der Waals surface area (Å²) in [5.41, 5.74) is 5.73. The lowest BCUT2D eigenvalue weighted by atomic mass is 10.1. The molecule has 0 radical (unpaired) electrons. The third kappa shape index (κ3) is 13.7. The molecule has 0 aromatic heterocycles. The molecule has 0 aliphatic heterocycles. The zero-order valence-corrected chi connectivity index (χ0v) is 37.8. The van der Waals surface area contributed by atoms with Gasteiger partial charge < -0.3 is 35.5 Å². The first-order chi connectivity index (χ1) is 27.3. The van der Waals surface area contributed by atoms with Crippen LogP contribution in [0.2, 0.25) is 5.02 Å². The number of halogens is 5. The van der Waals surface area contributed by atoms with E-state index in [0.717, 1.165) is 47.1 Å². The summed E-state index contributed by atoms with van der Waals surface area (Å²) in [5.74, 6) is -1.15. The highest BCUT2D eigenvalue weighted by Crippen LogP contribution is 2.39. The van der Waals surface area contributed by atoms with Gasteiger partial charge in [-0.3, -0.25) is 19.2 Å². The maximum Gasteiger partial charge on any atom is 0.322 e. The van der Waals surface area contributed by atoms with Crippen LogP contribution in [-0.2, 0) is 37.1 Å². The first-order valence-electron chi connectivity index (χ1n) is 18.2. The fourth-order valence-electron chi connectivity index (χ4n) is 5.77. The van der Waals surface area contributed by atoms with Gasteiger partial charge in [0, 0.05) is 40.9 Å². The fourth-order valence-corrected chi connectivity index (χ4v) is 8.86. The van der Waals surface area contributed by atoms with Crippen LogP contribution in [0, 0.1) is 18.8 Å². The van der Waals surface area contributed by atoms with E-state index < -0.39 is 36.6 Å². The van der Waals surface area contributed by atoms with Gasteiger partial charge in [-0.05, 0) is 179 Å². The molecule has 0 saturated heterocycles. The monoisotopic (exact) mass is 1050 g/mol. The number of esters is 2. The summed E-state index contributed by atoms with van der Waals surface area (Å²) in [4.78, 5) is 50.1. The van der Waals surface area contributed by atoms with Crippen LogP contribution in [-0.4, -0.2) is 36.8 Å². The van der Waals surface area contributed by atoms with E-state index in [0.29, 0.717) is 58.3 Å². The average Bonchev–Trinajstić information content (AvgIpc) is 4.05. The second-order valence-electron chi connectivity index (χ2n) is 14.1. The van der Waals surface area contributed by atoms with Gasteiger partial charge in [-0.15, -0.1) is 0 Å². The summed E-state index contributed by atoms with van der Waals surface area (Å²) in [5, 5.41) is 12.7. The minimum Gasteiger partial charge on any atom is -0.487 e. The standard InChI is InChI=1S/C41H39Br4ClN4O7/c1-22-6-25(9-28(7-22)47-18-23-2-3-23)20-55-40-32(42)12-30(13-33(40)43)49-36(51)16-38(53)57-39(54)17-37(52)50-31-14-34(44)41(35(45)15-31)56-21-26-8-27(46)11-29(10-26)48-19-24-4-5-24/h6-15,23-24,47-48H,2-5,16-21H2,1H3,(H,49,51)(H,50,52). The molecule has 11 nitrogen and oxygen atoms in total. The van der Waals surface area contributed by atoms with Crippen LogP contribution in [0.5, 0.6) is 11.5 Å². The maximum atomic E-state index is 12.6. The molecule has 2 fully saturated rings. The number of carbonyl (C=O) groups excluding carboxylic acids is 4. The first-order valence-corrected chi connectivity index (χ1v) is 21.8. The van der Waals surface area contributed by atoms with Crippen molar-refractivity contribution < 1.29 is 33.4 Å².